The van der Waals surface area contributed by atoms with E-state index in [9.17, 15) is 9.18 Å². The topological polar surface area (TPSA) is 78.9 Å². The summed E-state index contributed by atoms with van der Waals surface area (Å²) in [6, 6.07) is 22.2. The van der Waals surface area contributed by atoms with Gasteiger partial charge in [0, 0.05) is 34.8 Å². The molecule has 0 saturated carbocycles. The maximum atomic E-state index is 13.6. The number of hydrogen-bond donors (Lipinski definition) is 3. The van der Waals surface area contributed by atoms with E-state index in [-0.39, 0.29) is 17.6 Å². The minimum absolute atomic E-state index is 0.144. The van der Waals surface area contributed by atoms with Crippen molar-refractivity contribution in [3.05, 3.63) is 106 Å². The lowest BCUT2D eigenvalue weighted by Crippen LogP contribution is -2.40. The molecule has 1 unspecified atom stereocenters. The Balaban J connectivity index is 1.57. The van der Waals surface area contributed by atoms with Crippen molar-refractivity contribution in [3.8, 4) is 11.3 Å². The van der Waals surface area contributed by atoms with Crippen LogP contribution in [-0.2, 0) is 17.9 Å². The largest absolute Gasteiger partial charge is 0.358 e. The van der Waals surface area contributed by atoms with Crippen molar-refractivity contribution in [1.29, 1.82) is 0 Å². The van der Waals surface area contributed by atoms with Crippen LogP contribution in [0.15, 0.2) is 78.9 Å². The van der Waals surface area contributed by atoms with Crippen molar-refractivity contribution in [2.45, 2.75) is 39.4 Å². The molecule has 0 aliphatic rings. The second kappa shape index (κ2) is 13.4. The molecule has 1 amide bonds. The first-order valence-electron chi connectivity index (χ1n) is 12.7. The van der Waals surface area contributed by atoms with E-state index in [2.05, 4.69) is 39.8 Å². The summed E-state index contributed by atoms with van der Waals surface area (Å²) >= 11 is 12.1. The summed E-state index contributed by atoms with van der Waals surface area (Å²) in [7, 11) is 0. The fourth-order valence-electron chi connectivity index (χ4n) is 3.99. The molecule has 39 heavy (non-hydrogen) atoms. The van der Waals surface area contributed by atoms with Gasteiger partial charge in [-0.05, 0) is 72.0 Å². The van der Waals surface area contributed by atoms with Gasteiger partial charge in [-0.3, -0.25) is 4.79 Å². The maximum Gasteiger partial charge on any atom is 0.242 e. The summed E-state index contributed by atoms with van der Waals surface area (Å²) in [6.45, 7) is 4.94. The molecule has 1 heterocycles. The van der Waals surface area contributed by atoms with E-state index in [0.717, 1.165) is 16.7 Å². The Bertz CT molecular complexity index is 1400. The zero-order valence-corrected chi connectivity index (χ0v) is 23.2. The number of hydrogen-bond acceptors (Lipinski definition) is 5. The molecule has 0 aliphatic heterocycles. The molecule has 0 aliphatic carbocycles. The van der Waals surface area contributed by atoms with E-state index in [1.165, 1.54) is 12.1 Å². The van der Waals surface area contributed by atoms with Gasteiger partial charge in [-0.15, -0.1) is 0 Å². The fourth-order valence-corrected chi connectivity index (χ4v) is 4.33. The van der Waals surface area contributed by atoms with Gasteiger partial charge in [0.2, 0.25) is 11.9 Å². The third-order valence-electron chi connectivity index (χ3n) is 5.93. The highest BCUT2D eigenvalue weighted by molar-refractivity contribution is 6.30. The Morgan fingerprint density at radius 3 is 2.31 bits per heavy atom. The predicted octanol–water partition coefficient (Wildman–Crippen LogP) is 7.34. The van der Waals surface area contributed by atoms with Crippen LogP contribution in [-0.4, -0.2) is 21.9 Å². The number of carbonyl (C=O) groups is 1. The van der Waals surface area contributed by atoms with Crippen LogP contribution >= 0.6 is 23.2 Å². The molecule has 4 aromatic rings. The van der Waals surface area contributed by atoms with Gasteiger partial charge < -0.3 is 16.0 Å². The van der Waals surface area contributed by atoms with Gasteiger partial charge in [0.1, 0.15) is 17.7 Å². The Morgan fingerprint density at radius 1 is 0.872 bits per heavy atom. The number of benzene rings is 3. The van der Waals surface area contributed by atoms with Crippen molar-refractivity contribution in [2.24, 2.45) is 5.92 Å². The number of anilines is 2. The lowest BCUT2D eigenvalue weighted by atomic mass is 10.0. The Morgan fingerprint density at radius 2 is 1.62 bits per heavy atom. The Kier molecular flexibility index (Phi) is 9.74. The quantitative estimate of drug-likeness (QED) is 0.177. The molecule has 202 valence electrons. The van der Waals surface area contributed by atoms with Gasteiger partial charge in [0.05, 0.1) is 5.69 Å². The number of carbonyl (C=O) groups excluding carboxylic acids is 1. The first-order valence-corrected chi connectivity index (χ1v) is 13.4. The molecule has 3 N–H and O–H groups in total. The van der Waals surface area contributed by atoms with Crippen molar-refractivity contribution >= 4 is 40.9 Å². The van der Waals surface area contributed by atoms with Gasteiger partial charge in [0.25, 0.3) is 0 Å². The smallest absolute Gasteiger partial charge is 0.242 e. The normalized spacial score (nSPS) is 11.7. The van der Waals surface area contributed by atoms with Crippen molar-refractivity contribution < 1.29 is 9.18 Å². The van der Waals surface area contributed by atoms with Crippen LogP contribution in [0.2, 0.25) is 10.0 Å². The molecule has 0 radical (unpaired) electrons. The molecule has 1 aromatic heterocycles. The highest BCUT2D eigenvalue weighted by Gasteiger charge is 2.21. The Hall–Kier alpha value is -3.68. The van der Waals surface area contributed by atoms with E-state index in [1.54, 1.807) is 30.3 Å². The average molecular weight is 567 g/mol. The summed E-state index contributed by atoms with van der Waals surface area (Å²) in [5.74, 6) is 0.617. The van der Waals surface area contributed by atoms with Gasteiger partial charge >= 0.3 is 0 Å². The lowest BCUT2D eigenvalue weighted by Gasteiger charge is -2.21. The van der Waals surface area contributed by atoms with Crippen LogP contribution in [0.5, 0.6) is 0 Å². The summed E-state index contributed by atoms with van der Waals surface area (Å²) in [6.07, 6.45) is 0.591. The number of nitrogens with one attached hydrogen (secondary N) is 3. The number of amides is 1. The zero-order valence-electron chi connectivity index (χ0n) is 21.7. The second-order valence-corrected chi connectivity index (χ2v) is 10.5. The van der Waals surface area contributed by atoms with Crippen molar-refractivity contribution in [1.82, 2.24) is 15.3 Å². The minimum Gasteiger partial charge on any atom is -0.358 e. The molecule has 3 aromatic carbocycles. The van der Waals surface area contributed by atoms with E-state index in [4.69, 9.17) is 23.2 Å². The van der Waals surface area contributed by atoms with Gasteiger partial charge in [0.15, 0.2) is 0 Å². The lowest BCUT2D eigenvalue weighted by molar-refractivity contribution is -0.122. The highest BCUT2D eigenvalue weighted by Crippen LogP contribution is 2.24. The SMILES string of the molecule is CC(C)CC(Nc1cc(-c2ccc(F)cc2)nc(NCc2cccc(Cl)c2)n1)C(=O)NCc1ccc(Cl)cc1. The second-order valence-electron chi connectivity index (χ2n) is 9.62. The molecule has 0 spiro atoms. The van der Waals surface area contributed by atoms with E-state index in [1.807, 2.05) is 36.4 Å². The van der Waals surface area contributed by atoms with Crippen molar-refractivity contribution in [3.63, 3.8) is 0 Å². The molecular weight excluding hydrogens is 536 g/mol. The number of nitrogens with zero attached hydrogens (tertiary/aromatic N) is 2. The van der Waals surface area contributed by atoms with Crippen LogP contribution in [0.25, 0.3) is 11.3 Å². The standard InChI is InChI=1S/C30H30Cl2FN5O/c1-19(2)14-27(29(39)34-17-20-6-10-23(31)11-7-20)36-28-16-26(22-8-12-25(33)13-9-22)37-30(38-28)35-18-21-4-3-5-24(32)15-21/h3-13,15-16,19,27H,14,17-18H2,1-2H3,(H,34,39)(H2,35,36,37,38). The van der Waals surface area contributed by atoms with Crippen molar-refractivity contribution in [2.75, 3.05) is 10.6 Å². The van der Waals surface area contributed by atoms with Crippen LogP contribution in [0.1, 0.15) is 31.4 Å². The summed E-state index contributed by atoms with van der Waals surface area (Å²) in [5, 5.41) is 10.8. The summed E-state index contributed by atoms with van der Waals surface area (Å²) in [4.78, 5) is 22.5. The van der Waals surface area contributed by atoms with E-state index in [0.29, 0.717) is 47.0 Å². The van der Waals surface area contributed by atoms with Crippen LogP contribution in [0, 0.1) is 11.7 Å². The van der Waals surface area contributed by atoms with Gasteiger partial charge in [-0.25, -0.2) is 9.37 Å². The molecule has 0 bridgehead atoms. The average Bonchev–Trinajstić information content (AvgIpc) is 2.91. The minimum atomic E-state index is -0.533. The van der Waals surface area contributed by atoms with Crippen LogP contribution in [0.4, 0.5) is 16.2 Å². The molecule has 9 heteroatoms. The zero-order chi connectivity index (χ0) is 27.8. The third kappa shape index (κ3) is 8.67. The molecule has 1 atom stereocenters. The maximum absolute atomic E-state index is 13.6. The molecule has 0 fully saturated rings. The summed E-state index contributed by atoms with van der Waals surface area (Å²) in [5.41, 5.74) is 3.22. The monoisotopic (exact) mass is 565 g/mol. The fraction of sp³-hybridized carbons (Fsp3) is 0.233. The molecular formula is C30H30Cl2FN5O. The van der Waals surface area contributed by atoms with Gasteiger partial charge in [-0.1, -0.05) is 61.3 Å². The summed E-state index contributed by atoms with van der Waals surface area (Å²) < 4.78 is 13.6. The molecule has 6 nitrogen and oxygen atoms in total. The number of rotatable bonds is 11. The predicted molar refractivity (Wildman–Crippen MR) is 156 cm³/mol. The van der Waals surface area contributed by atoms with Crippen LogP contribution in [0.3, 0.4) is 0 Å². The third-order valence-corrected chi connectivity index (χ3v) is 6.42. The first kappa shape index (κ1) is 28.3. The molecule has 0 saturated heterocycles. The number of aromatic nitrogens is 2. The molecule has 4 rings (SSSR count). The van der Waals surface area contributed by atoms with E-state index >= 15 is 0 Å². The van der Waals surface area contributed by atoms with E-state index < -0.39 is 6.04 Å². The van der Waals surface area contributed by atoms with Gasteiger partial charge in [-0.2, -0.15) is 4.98 Å². The highest BCUT2D eigenvalue weighted by atomic mass is 35.5. The Labute approximate surface area is 238 Å². The van der Waals surface area contributed by atoms with Crippen LogP contribution < -0.4 is 16.0 Å². The first-order chi connectivity index (χ1) is 18.7. The number of halogens is 3.